The number of phenols is 1. The Morgan fingerprint density at radius 2 is 1.82 bits per heavy atom. The van der Waals surface area contributed by atoms with Crippen LogP contribution in [0, 0.1) is 0 Å². The zero-order valence-corrected chi connectivity index (χ0v) is 8.09. The molecule has 0 bridgehead atoms. The third kappa shape index (κ3) is 1.95. The van der Waals surface area contributed by atoms with Gasteiger partial charge in [0.25, 0.3) is 0 Å². The van der Waals surface area contributed by atoms with Crippen molar-refractivity contribution >= 4 is 35.0 Å². The lowest BCUT2D eigenvalue weighted by Gasteiger charge is -2.02. The Morgan fingerprint density at radius 1 is 1.27 bits per heavy atom. The Kier molecular flexibility index (Phi) is 2.93. The van der Waals surface area contributed by atoms with Crippen LogP contribution >= 0.6 is 35.0 Å². The SMILES string of the molecule is CSc1cc(Cl)c(Cl)cc1O. The smallest absolute Gasteiger partial charge is 0.130 e. The van der Waals surface area contributed by atoms with E-state index in [0.717, 1.165) is 4.90 Å². The van der Waals surface area contributed by atoms with Crippen molar-refractivity contribution in [2.45, 2.75) is 4.90 Å². The lowest BCUT2D eigenvalue weighted by atomic mass is 10.3. The van der Waals surface area contributed by atoms with E-state index in [1.54, 1.807) is 6.07 Å². The Balaban J connectivity index is 3.21. The molecule has 4 heteroatoms. The quantitative estimate of drug-likeness (QED) is 0.715. The highest BCUT2D eigenvalue weighted by Gasteiger charge is 2.04. The molecule has 0 aliphatic rings. The predicted octanol–water partition coefficient (Wildman–Crippen LogP) is 3.42. The maximum absolute atomic E-state index is 9.25. The molecule has 0 unspecified atom stereocenters. The van der Waals surface area contributed by atoms with Crippen LogP contribution in [0.25, 0.3) is 0 Å². The van der Waals surface area contributed by atoms with Crippen LogP contribution < -0.4 is 0 Å². The van der Waals surface area contributed by atoms with Crippen LogP contribution in [0.3, 0.4) is 0 Å². The first-order valence-corrected chi connectivity index (χ1v) is 4.85. The third-order valence-corrected chi connectivity index (χ3v) is 2.71. The number of thioether (sulfide) groups is 1. The average molecular weight is 209 g/mol. The highest BCUT2D eigenvalue weighted by molar-refractivity contribution is 7.98. The Morgan fingerprint density at radius 3 is 2.36 bits per heavy atom. The van der Waals surface area contributed by atoms with Gasteiger partial charge in [0.1, 0.15) is 5.75 Å². The number of aromatic hydroxyl groups is 1. The second-order valence-corrected chi connectivity index (χ2v) is 3.60. The van der Waals surface area contributed by atoms with Gasteiger partial charge in [-0.15, -0.1) is 11.8 Å². The summed E-state index contributed by atoms with van der Waals surface area (Å²) in [7, 11) is 0. The molecule has 0 amide bonds. The maximum atomic E-state index is 9.25. The second kappa shape index (κ2) is 3.57. The van der Waals surface area contributed by atoms with Crippen molar-refractivity contribution in [1.29, 1.82) is 0 Å². The zero-order valence-electron chi connectivity index (χ0n) is 5.77. The van der Waals surface area contributed by atoms with Gasteiger partial charge in [0.2, 0.25) is 0 Å². The van der Waals surface area contributed by atoms with Crippen molar-refractivity contribution in [2.75, 3.05) is 6.26 Å². The largest absolute Gasteiger partial charge is 0.507 e. The summed E-state index contributed by atoms with van der Waals surface area (Å²) in [5.74, 6) is 0.173. The second-order valence-electron chi connectivity index (χ2n) is 1.94. The molecule has 0 aliphatic heterocycles. The van der Waals surface area contributed by atoms with Crippen molar-refractivity contribution in [3.63, 3.8) is 0 Å². The van der Waals surface area contributed by atoms with Gasteiger partial charge in [-0.05, 0) is 12.3 Å². The minimum atomic E-state index is 0.173. The number of hydrogen-bond acceptors (Lipinski definition) is 2. The summed E-state index contributed by atoms with van der Waals surface area (Å²) in [6, 6.07) is 3.08. The van der Waals surface area contributed by atoms with Gasteiger partial charge in [0.05, 0.1) is 14.9 Å². The van der Waals surface area contributed by atoms with E-state index in [0.29, 0.717) is 10.0 Å². The lowest BCUT2D eigenvalue weighted by molar-refractivity contribution is 0.462. The highest BCUT2D eigenvalue weighted by Crippen LogP contribution is 2.34. The molecule has 1 aromatic rings. The van der Waals surface area contributed by atoms with Crippen molar-refractivity contribution in [3.8, 4) is 5.75 Å². The standard InChI is InChI=1S/C7H6Cl2OS/c1-11-7-3-5(9)4(8)2-6(7)10/h2-3,10H,1H3. The summed E-state index contributed by atoms with van der Waals surface area (Å²) >= 11 is 12.8. The fourth-order valence-corrected chi connectivity index (χ4v) is 1.57. The third-order valence-electron chi connectivity index (χ3n) is 1.22. The minimum absolute atomic E-state index is 0.173. The summed E-state index contributed by atoms with van der Waals surface area (Å²) < 4.78 is 0. The normalized spacial score (nSPS) is 10.1. The van der Waals surface area contributed by atoms with E-state index in [2.05, 4.69) is 0 Å². The summed E-state index contributed by atoms with van der Waals surface area (Å²) in [4.78, 5) is 0.736. The summed E-state index contributed by atoms with van der Waals surface area (Å²) in [6.07, 6.45) is 1.86. The van der Waals surface area contributed by atoms with Crippen molar-refractivity contribution in [3.05, 3.63) is 22.2 Å². The van der Waals surface area contributed by atoms with E-state index in [1.807, 2.05) is 6.26 Å². The summed E-state index contributed by atoms with van der Waals surface area (Å²) in [5.41, 5.74) is 0. The van der Waals surface area contributed by atoms with Gasteiger partial charge in [0, 0.05) is 6.07 Å². The molecule has 0 aliphatic carbocycles. The van der Waals surface area contributed by atoms with Crippen LogP contribution in [-0.2, 0) is 0 Å². The molecule has 1 aromatic carbocycles. The summed E-state index contributed by atoms with van der Waals surface area (Å²) in [6.45, 7) is 0. The van der Waals surface area contributed by atoms with Gasteiger partial charge in [-0.3, -0.25) is 0 Å². The Bertz CT molecular complexity index is 275. The van der Waals surface area contributed by atoms with Crippen molar-refractivity contribution < 1.29 is 5.11 Å². The van der Waals surface area contributed by atoms with Crippen LogP contribution in [-0.4, -0.2) is 11.4 Å². The molecule has 0 aromatic heterocycles. The molecule has 0 radical (unpaired) electrons. The van der Waals surface area contributed by atoms with E-state index < -0.39 is 0 Å². The molecule has 1 N–H and O–H groups in total. The van der Waals surface area contributed by atoms with E-state index in [9.17, 15) is 5.11 Å². The molecule has 1 rings (SSSR count). The number of rotatable bonds is 1. The molecule has 0 saturated carbocycles. The van der Waals surface area contributed by atoms with Gasteiger partial charge in [-0.1, -0.05) is 23.2 Å². The van der Waals surface area contributed by atoms with Gasteiger partial charge >= 0.3 is 0 Å². The van der Waals surface area contributed by atoms with Crippen molar-refractivity contribution in [2.24, 2.45) is 0 Å². The number of benzene rings is 1. The molecule has 11 heavy (non-hydrogen) atoms. The molecule has 0 heterocycles. The summed E-state index contributed by atoms with van der Waals surface area (Å²) in [5, 5.41) is 10.1. The highest BCUT2D eigenvalue weighted by atomic mass is 35.5. The van der Waals surface area contributed by atoms with Crippen LogP contribution in [0.5, 0.6) is 5.75 Å². The molecular weight excluding hydrogens is 203 g/mol. The van der Waals surface area contributed by atoms with Gasteiger partial charge in [-0.2, -0.15) is 0 Å². The maximum Gasteiger partial charge on any atom is 0.130 e. The number of phenolic OH excluding ortho intramolecular Hbond substituents is 1. The van der Waals surface area contributed by atoms with E-state index in [1.165, 1.54) is 17.8 Å². The fraction of sp³-hybridized carbons (Fsp3) is 0.143. The van der Waals surface area contributed by atoms with Crippen LogP contribution in [0.4, 0.5) is 0 Å². The van der Waals surface area contributed by atoms with Crippen LogP contribution in [0.15, 0.2) is 17.0 Å². The van der Waals surface area contributed by atoms with E-state index >= 15 is 0 Å². The van der Waals surface area contributed by atoms with Gasteiger partial charge in [0.15, 0.2) is 0 Å². The molecule has 1 nitrogen and oxygen atoms in total. The van der Waals surface area contributed by atoms with Crippen LogP contribution in [0.2, 0.25) is 10.0 Å². The van der Waals surface area contributed by atoms with Gasteiger partial charge < -0.3 is 5.11 Å². The van der Waals surface area contributed by atoms with E-state index in [4.69, 9.17) is 23.2 Å². The first-order valence-electron chi connectivity index (χ1n) is 2.87. The number of hydrogen-bond donors (Lipinski definition) is 1. The molecule has 0 fully saturated rings. The Hall–Kier alpha value is -0.0500. The monoisotopic (exact) mass is 208 g/mol. The fourth-order valence-electron chi connectivity index (χ4n) is 0.682. The predicted molar refractivity (Wildman–Crippen MR) is 49.9 cm³/mol. The van der Waals surface area contributed by atoms with Gasteiger partial charge in [-0.25, -0.2) is 0 Å². The molecule has 0 atom stereocenters. The first kappa shape index (κ1) is 9.04. The number of halogens is 2. The topological polar surface area (TPSA) is 20.2 Å². The minimum Gasteiger partial charge on any atom is -0.507 e. The average Bonchev–Trinajstić information content (AvgIpc) is 1.97. The first-order chi connectivity index (χ1) is 5.15. The zero-order chi connectivity index (χ0) is 8.43. The lowest BCUT2D eigenvalue weighted by Crippen LogP contribution is -1.74. The molecule has 60 valence electrons. The molecular formula is C7H6Cl2OS. The Labute approximate surface area is 79.3 Å². The van der Waals surface area contributed by atoms with Crippen LogP contribution in [0.1, 0.15) is 0 Å². The molecule has 0 spiro atoms. The molecule has 0 saturated heterocycles. The van der Waals surface area contributed by atoms with Crippen molar-refractivity contribution in [1.82, 2.24) is 0 Å². The van der Waals surface area contributed by atoms with E-state index in [-0.39, 0.29) is 5.75 Å².